The second kappa shape index (κ2) is 6.81. The van der Waals surface area contributed by atoms with Crippen molar-refractivity contribution in [1.29, 1.82) is 0 Å². The summed E-state index contributed by atoms with van der Waals surface area (Å²) in [7, 11) is 0. The highest BCUT2D eigenvalue weighted by Crippen LogP contribution is 2.34. The molecule has 0 bridgehead atoms. The van der Waals surface area contributed by atoms with Gasteiger partial charge in [-0.05, 0) is 44.4 Å². The summed E-state index contributed by atoms with van der Waals surface area (Å²) >= 11 is 12.1. The third kappa shape index (κ3) is 3.46. The van der Waals surface area contributed by atoms with Crippen LogP contribution in [0.1, 0.15) is 26.2 Å². The quantitative estimate of drug-likeness (QED) is 0.852. The minimum atomic E-state index is 0.424. The lowest BCUT2D eigenvalue weighted by molar-refractivity contribution is 0.481. The van der Waals surface area contributed by atoms with Gasteiger partial charge in [-0.1, -0.05) is 23.2 Å². The molecule has 5 nitrogen and oxygen atoms in total. The summed E-state index contributed by atoms with van der Waals surface area (Å²) in [6.45, 7) is 3.16. The molecule has 23 heavy (non-hydrogen) atoms. The maximum absolute atomic E-state index is 6.31. The molecule has 1 unspecified atom stereocenters. The number of aromatic nitrogens is 2. The zero-order chi connectivity index (χ0) is 16.4. The number of benzene rings is 1. The number of rotatable bonds is 3. The van der Waals surface area contributed by atoms with Gasteiger partial charge in [0.25, 0.3) is 0 Å². The van der Waals surface area contributed by atoms with E-state index in [0.717, 1.165) is 25.2 Å². The average Bonchev–Trinajstić information content (AvgIpc) is 2.53. The Hall–Kier alpha value is -1.72. The highest BCUT2D eigenvalue weighted by molar-refractivity contribution is 6.36. The molecule has 1 aromatic heterocycles. The zero-order valence-corrected chi connectivity index (χ0v) is 14.4. The minimum absolute atomic E-state index is 0.424. The van der Waals surface area contributed by atoms with Crippen molar-refractivity contribution in [2.24, 2.45) is 0 Å². The molecule has 3 N–H and O–H groups in total. The predicted molar refractivity (Wildman–Crippen MR) is 96.8 cm³/mol. The van der Waals surface area contributed by atoms with Crippen LogP contribution in [0.5, 0.6) is 0 Å². The number of nitrogen functional groups attached to an aromatic ring is 1. The fraction of sp³-hybridized carbons (Fsp3) is 0.375. The first-order chi connectivity index (χ1) is 11.1. The van der Waals surface area contributed by atoms with Crippen LogP contribution in [0, 0.1) is 0 Å². The normalized spacial score (nSPS) is 18.0. The fourth-order valence-electron chi connectivity index (χ4n) is 2.85. The molecular formula is C16H19Cl2N5. The van der Waals surface area contributed by atoms with Crippen LogP contribution in [-0.4, -0.2) is 22.6 Å². The van der Waals surface area contributed by atoms with E-state index < -0.39 is 0 Å². The van der Waals surface area contributed by atoms with E-state index in [-0.39, 0.29) is 0 Å². The molecule has 0 aliphatic carbocycles. The van der Waals surface area contributed by atoms with Crippen LogP contribution in [0.25, 0.3) is 0 Å². The Labute approximate surface area is 145 Å². The Bertz CT molecular complexity index is 707. The van der Waals surface area contributed by atoms with Crippen LogP contribution in [0.3, 0.4) is 0 Å². The van der Waals surface area contributed by atoms with Gasteiger partial charge in [0.05, 0.1) is 10.7 Å². The summed E-state index contributed by atoms with van der Waals surface area (Å²) in [6.07, 6.45) is 5.07. The molecule has 0 saturated carbocycles. The second-order valence-electron chi connectivity index (χ2n) is 5.75. The first kappa shape index (κ1) is 16.1. The Morgan fingerprint density at radius 3 is 2.83 bits per heavy atom. The van der Waals surface area contributed by atoms with Crippen LogP contribution in [-0.2, 0) is 0 Å². The van der Waals surface area contributed by atoms with Gasteiger partial charge in [0, 0.05) is 17.6 Å². The molecule has 1 aliphatic heterocycles. The molecule has 1 saturated heterocycles. The van der Waals surface area contributed by atoms with E-state index >= 15 is 0 Å². The molecule has 1 fully saturated rings. The van der Waals surface area contributed by atoms with Crippen LogP contribution in [0.4, 0.5) is 23.0 Å². The Morgan fingerprint density at radius 2 is 2.09 bits per heavy atom. The predicted octanol–water partition coefficient (Wildman–Crippen LogP) is 4.49. The number of hydrogen-bond donors (Lipinski definition) is 2. The standard InChI is InChI=1S/C16H19Cl2N5/c1-10-4-2-3-7-23(10)16-14(19)15(20-9-21-16)22-13-6-5-11(17)8-12(13)18/h5-6,8-10H,2-4,7,19H2,1H3,(H,20,21,22). The van der Waals surface area contributed by atoms with Gasteiger partial charge < -0.3 is 16.0 Å². The molecule has 3 rings (SSSR count). The highest BCUT2D eigenvalue weighted by atomic mass is 35.5. The van der Waals surface area contributed by atoms with Gasteiger partial charge in [-0.3, -0.25) is 0 Å². The SMILES string of the molecule is CC1CCCCN1c1ncnc(Nc2ccc(Cl)cc2Cl)c1N. The van der Waals surface area contributed by atoms with Crippen molar-refractivity contribution in [3.63, 3.8) is 0 Å². The molecule has 7 heteroatoms. The van der Waals surface area contributed by atoms with Crippen molar-refractivity contribution in [1.82, 2.24) is 9.97 Å². The summed E-state index contributed by atoms with van der Waals surface area (Å²) in [5.41, 5.74) is 7.55. The van der Waals surface area contributed by atoms with Gasteiger partial charge >= 0.3 is 0 Å². The minimum Gasteiger partial charge on any atom is -0.393 e. The maximum Gasteiger partial charge on any atom is 0.159 e. The van der Waals surface area contributed by atoms with Crippen molar-refractivity contribution in [2.75, 3.05) is 22.5 Å². The van der Waals surface area contributed by atoms with E-state index in [9.17, 15) is 0 Å². The van der Waals surface area contributed by atoms with Crippen LogP contribution in [0.15, 0.2) is 24.5 Å². The van der Waals surface area contributed by atoms with Crippen molar-refractivity contribution >= 4 is 46.2 Å². The number of nitrogens with two attached hydrogens (primary N) is 1. The first-order valence-electron chi connectivity index (χ1n) is 7.65. The van der Waals surface area contributed by atoms with Crippen molar-refractivity contribution in [3.8, 4) is 0 Å². The van der Waals surface area contributed by atoms with Crippen LogP contribution < -0.4 is 16.0 Å². The van der Waals surface area contributed by atoms with Gasteiger partial charge in [-0.2, -0.15) is 0 Å². The number of halogens is 2. The maximum atomic E-state index is 6.31. The molecule has 0 radical (unpaired) electrons. The molecule has 122 valence electrons. The molecule has 2 aromatic rings. The summed E-state index contributed by atoms with van der Waals surface area (Å²) in [4.78, 5) is 10.9. The lowest BCUT2D eigenvalue weighted by Crippen LogP contribution is -2.38. The molecule has 0 spiro atoms. The summed E-state index contributed by atoms with van der Waals surface area (Å²) in [5.74, 6) is 1.33. The summed E-state index contributed by atoms with van der Waals surface area (Å²) < 4.78 is 0. The Kier molecular flexibility index (Phi) is 4.78. The second-order valence-corrected chi connectivity index (χ2v) is 6.59. The van der Waals surface area contributed by atoms with Gasteiger partial charge in [0.2, 0.25) is 0 Å². The third-order valence-corrected chi connectivity index (χ3v) is 4.67. The van der Waals surface area contributed by atoms with Gasteiger partial charge in [-0.15, -0.1) is 0 Å². The average molecular weight is 352 g/mol. The molecule has 1 aromatic carbocycles. The lowest BCUT2D eigenvalue weighted by Gasteiger charge is -2.35. The summed E-state index contributed by atoms with van der Waals surface area (Å²) in [5, 5.41) is 4.27. The van der Waals surface area contributed by atoms with Crippen LogP contribution >= 0.6 is 23.2 Å². The van der Waals surface area contributed by atoms with Gasteiger partial charge in [-0.25, -0.2) is 9.97 Å². The van der Waals surface area contributed by atoms with E-state index in [4.69, 9.17) is 28.9 Å². The Balaban J connectivity index is 1.90. The highest BCUT2D eigenvalue weighted by Gasteiger charge is 2.23. The first-order valence-corrected chi connectivity index (χ1v) is 8.41. The van der Waals surface area contributed by atoms with E-state index in [0.29, 0.717) is 33.3 Å². The molecule has 2 heterocycles. The molecule has 1 atom stereocenters. The van der Waals surface area contributed by atoms with Crippen molar-refractivity contribution < 1.29 is 0 Å². The number of anilines is 4. The number of piperidine rings is 1. The number of nitrogens with zero attached hydrogens (tertiary/aromatic N) is 3. The topological polar surface area (TPSA) is 67.1 Å². The van der Waals surface area contributed by atoms with E-state index in [1.807, 2.05) is 0 Å². The van der Waals surface area contributed by atoms with E-state index in [1.54, 1.807) is 18.2 Å². The molecule has 0 amide bonds. The van der Waals surface area contributed by atoms with Crippen molar-refractivity contribution in [3.05, 3.63) is 34.6 Å². The lowest BCUT2D eigenvalue weighted by atomic mass is 10.0. The zero-order valence-electron chi connectivity index (χ0n) is 12.9. The van der Waals surface area contributed by atoms with Gasteiger partial charge in [0.1, 0.15) is 12.0 Å². The van der Waals surface area contributed by atoms with Gasteiger partial charge in [0.15, 0.2) is 11.6 Å². The number of hydrogen-bond acceptors (Lipinski definition) is 5. The molecular weight excluding hydrogens is 333 g/mol. The largest absolute Gasteiger partial charge is 0.393 e. The molecule has 1 aliphatic rings. The monoisotopic (exact) mass is 351 g/mol. The number of nitrogens with one attached hydrogen (secondary N) is 1. The third-order valence-electron chi connectivity index (χ3n) is 4.12. The van der Waals surface area contributed by atoms with Crippen LogP contribution in [0.2, 0.25) is 10.0 Å². The smallest absolute Gasteiger partial charge is 0.159 e. The summed E-state index contributed by atoms with van der Waals surface area (Å²) in [6, 6.07) is 5.67. The van der Waals surface area contributed by atoms with Crippen molar-refractivity contribution in [2.45, 2.75) is 32.2 Å². The van der Waals surface area contributed by atoms with E-state index in [1.165, 1.54) is 12.7 Å². The van der Waals surface area contributed by atoms with E-state index in [2.05, 4.69) is 27.1 Å². The fourth-order valence-corrected chi connectivity index (χ4v) is 3.30. The Morgan fingerprint density at radius 1 is 1.26 bits per heavy atom.